The lowest BCUT2D eigenvalue weighted by molar-refractivity contribution is 0.408. The molecule has 5 heteroatoms. The van der Waals surface area contributed by atoms with Crippen molar-refractivity contribution in [1.29, 1.82) is 0 Å². The third-order valence-corrected chi connectivity index (χ3v) is 7.73. The van der Waals surface area contributed by atoms with Gasteiger partial charge in [-0.2, -0.15) is 0 Å². The maximum Gasteiger partial charge on any atom is 0.241 e. The van der Waals surface area contributed by atoms with Crippen LogP contribution in [-0.4, -0.2) is 22.0 Å². The standard InChI is InChI=1S/C20H31NO2SSi/c1-6-7-14-20(15-8-9-18(20)16-25(3,4)5)21-24(22,23)19-12-10-17(2)11-13-19/h6,9-13,21H,1,7-8,14-16H2,2-5H3. The van der Waals surface area contributed by atoms with E-state index in [1.807, 2.05) is 25.1 Å². The second kappa shape index (κ2) is 7.60. The fourth-order valence-electron chi connectivity index (χ4n) is 3.50. The van der Waals surface area contributed by atoms with E-state index >= 15 is 0 Å². The maximum absolute atomic E-state index is 13.0. The van der Waals surface area contributed by atoms with Crippen molar-refractivity contribution >= 4 is 18.1 Å². The van der Waals surface area contributed by atoms with Crippen LogP contribution in [0.25, 0.3) is 0 Å². The second-order valence-electron chi connectivity index (χ2n) is 8.33. The monoisotopic (exact) mass is 377 g/mol. The molecule has 0 radical (unpaired) electrons. The van der Waals surface area contributed by atoms with Gasteiger partial charge in [0, 0.05) is 8.07 Å². The van der Waals surface area contributed by atoms with Gasteiger partial charge in [-0.3, -0.25) is 0 Å². The van der Waals surface area contributed by atoms with Gasteiger partial charge in [-0.05, 0) is 50.8 Å². The molecule has 1 atom stereocenters. The Kier molecular flexibility index (Phi) is 6.12. The smallest absolute Gasteiger partial charge is 0.207 e. The summed E-state index contributed by atoms with van der Waals surface area (Å²) < 4.78 is 29.1. The molecule has 1 aliphatic rings. The fourth-order valence-corrected chi connectivity index (χ4v) is 6.58. The van der Waals surface area contributed by atoms with E-state index in [4.69, 9.17) is 0 Å². The van der Waals surface area contributed by atoms with Gasteiger partial charge >= 0.3 is 0 Å². The minimum atomic E-state index is -3.55. The maximum atomic E-state index is 13.0. The van der Waals surface area contributed by atoms with E-state index in [0.717, 1.165) is 37.3 Å². The van der Waals surface area contributed by atoms with Crippen LogP contribution >= 0.6 is 0 Å². The molecule has 0 amide bonds. The van der Waals surface area contributed by atoms with Crippen LogP contribution in [0.3, 0.4) is 0 Å². The summed E-state index contributed by atoms with van der Waals surface area (Å²) in [5.74, 6) is 0. The van der Waals surface area contributed by atoms with Gasteiger partial charge < -0.3 is 0 Å². The summed E-state index contributed by atoms with van der Waals surface area (Å²) in [6, 6.07) is 8.10. The summed E-state index contributed by atoms with van der Waals surface area (Å²) in [6.45, 7) is 12.8. The van der Waals surface area contributed by atoms with Gasteiger partial charge in [-0.1, -0.05) is 55.1 Å². The van der Waals surface area contributed by atoms with E-state index in [9.17, 15) is 8.42 Å². The summed E-state index contributed by atoms with van der Waals surface area (Å²) in [5, 5.41) is 0. The van der Waals surface area contributed by atoms with E-state index in [1.165, 1.54) is 5.57 Å². The Bertz CT molecular complexity index is 745. The number of sulfonamides is 1. The molecular formula is C20H31NO2SSi. The molecular weight excluding hydrogens is 346 g/mol. The molecule has 0 aromatic heterocycles. The Morgan fingerprint density at radius 2 is 1.88 bits per heavy atom. The lowest BCUT2D eigenvalue weighted by Crippen LogP contribution is -2.49. The van der Waals surface area contributed by atoms with Gasteiger partial charge in [0.15, 0.2) is 0 Å². The molecule has 1 N–H and O–H groups in total. The van der Waals surface area contributed by atoms with Crippen LogP contribution in [0.4, 0.5) is 0 Å². The number of allylic oxidation sites excluding steroid dienone is 2. The Balaban J connectivity index is 2.35. The van der Waals surface area contributed by atoms with E-state index in [0.29, 0.717) is 4.90 Å². The largest absolute Gasteiger partial charge is 0.241 e. The summed E-state index contributed by atoms with van der Waals surface area (Å²) in [5.41, 5.74) is 1.88. The molecule has 1 aromatic carbocycles. The van der Waals surface area contributed by atoms with Crippen molar-refractivity contribution < 1.29 is 8.42 Å². The van der Waals surface area contributed by atoms with Gasteiger partial charge in [-0.25, -0.2) is 13.1 Å². The van der Waals surface area contributed by atoms with Crippen LogP contribution in [-0.2, 0) is 10.0 Å². The highest BCUT2D eigenvalue weighted by Gasteiger charge is 2.41. The highest BCUT2D eigenvalue weighted by molar-refractivity contribution is 7.89. The quantitative estimate of drug-likeness (QED) is 0.510. The lowest BCUT2D eigenvalue weighted by atomic mass is 9.88. The van der Waals surface area contributed by atoms with Crippen LogP contribution < -0.4 is 4.72 Å². The number of hydrogen-bond donors (Lipinski definition) is 1. The molecule has 0 bridgehead atoms. The zero-order valence-corrected chi connectivity index (χ0v) is 17.7. The van der Waals surface area contributed by atoms with Gasteiger partial charge in [0.2, 0.25) is 10.0 Å². The van der Waals surface area contributed by atoms with E-state index in [-0.39, 0.29) is 0 Å². The van der Waals surface area contributed by atoms with Crippen LogP contribution in [0.1, 0.15) is 31.2 Å². The first-order chi connectivity index (χ1) is 11.6. The third-order valence-electron chi connectivity index (χ3n) is 4.73. The van der Waals surface area contributed by atoms with Crippen molar-refractivity contribution in [3.8, 4) is 0 Å². The number of aryl methyl sites for hydroxylation is 1. The van der Waals surface area contributed by atoms with Crippen molar-refractivity contribution in [2.45, 2.75) is 68.7 Å². The fraction of sp³-hybridized carbons (Fsp3) is 0.500. The molecule has 138 valence electrons. The average Bonchev–Trinajstić information content (AvgIpc) is 2.86. The third kappa shape index (κ3) is 5.15. The van der Waals surface area contributed by atoms with Crippen molar-refractivity contribution in [3.05, 3.63) is 54.1 Å². The first-order valence-corrected chi connectivity index (χ1v) is 14.2. The molecule has 25 heavy (non-hydrogen) atoms. The second-order valence-corrected chi connectivity index (χ2v) is 15.5. The van der Waals surface area contributed by atoms with Crippen LogP contribution in [0.5, 0.6) is 0 Å². The van der Waals surface area contributed by atoms with Crippen molar-refractivity contribution in [3.63, 3.8) is 0 Å². The Morgan fingerprint density at radius 3 is 2.44 bits per heavy atom. The number of hydrogen-bond acceptors (Lipinski definition) is 2. The van der Waals surface area contributed by atoms with Gasteiger partial charge in [0.1, 0.15) is 0 Å². The predicted octanol–water partition coefficient (Wildman–Crippen LogP) is 5.04. The molecule has 0 heterocycles. The van der Waals surface area contributed by atoms with Gasteiger partial charge in [-0.15, -0.1) is 6.58 Å². The average molecular weight is 378 g/mol. The zero-order valence-electron chi connectivity index (χ0n) is 15.9. The van der Waals surface area contributed by atoms with Crippen LogP contribution in [0.2, 0.25) is 25.7 Å². The van der Waals surface area contributed by atoms with Crippen LogP contribution in [0.15, 0.2) is 53.5 Å². The lowest BCUT2D eigenvalue weighted by Gasteiger charge is -2.35. The molecule has 0 spiro atoms. The molecule has 0 saturated carbocycles. The van der Waals surface area contributed by atoms with Crippen LogP contribution in [0, 0.1) is 6.92 Å². The Hall–Kier alpha value is -1.17. The number of rotatable bonds is 8. The van der Waals surface area contributed by atoms with Crippen molar-refractivity contribution in [2.75, 3.05) is 0 Å². The molecule has 0 fully saturated rings. The predicted molar refractivity (Wildman–Crippen MR) is 109 cm³/mol. The first-order valence-electron chi connectivity index (χ1n) is 8.99. The zero-order chi connectivity index (χ0) is 18.7. The molecule has 1 unspecified atom stereocenters. The topological polar surface area (TPSA) is 46.2 Å². The van der Waals surface area contributed by atoms with Gasteiger partial charge in [0.05, 0.1) is 10.4 Å². The molecule has 0 aliphatic heterocycles. The summed E-state index contributed by atoms with van der Waals surface area (Å²) in [7, 11) is -4.89. The Morgan fingerprint density at radius 1 is 1.24 bits per heavy atom. The molecule has 1 aromatic rings. The summed E-state index contributed by atoms with van der Waals surface area (Å²) >= 11 is 0. The van der Waals surface area contributed by atoms with Crippen molar-refractivity contribution in [1.82, 2.24) is 4.72 Å². The SMILES string of the molecule is C=CCCC1(NS(=O)(=O)c2ccc(C)cc2)CCC=C1C[Si](C)(C)C. The Labute approximate surface area is 154 Å². The molecule has 1 aliphatic carbocycles. The van der Waals surface area contributed by atoms with Gasteiger partial charge in [0.25, 0.3) is 0 Å². The molecule has 0 saturated heterocycles. The van der Waals surface area contributed by atoms with E-state index < -0.39 is 23.6 Å². The minimum absolute atomic E-state index is 0.343. The highest BCUT2D eigenvalue weighted by Crippen LogP contribution is 2.40. The number of benzene rings is 1. The number of nitrogens with one attached hydrogen (secondary N) is 1. The van der Waals surface area contributed by atoms with Crippen molar-refractivity contribution in [2.24, 2.45) is 0 Å². The normalized spacial score (nSPS) is 21.2. The first kappa shape index (κ1) is 20.1. The minimum Gasteiger partial charge on any atom is -0.207 e. The van der Waals surface area contributed by atoms with E-state index in [2.05, 4.69) is 37.0 Å². The summed E-state index contributed by atoms with van der Waals surface area (Å²) in [4.78, 5) is 0.343. The molecule has 3 nitrogen and oxygen atoms in total. The van der Waals surface area contributed by atoms with E-state index in [1.54, 1.807) is 12.1 Å². The molecule has 2 rings (SSSR count). The summed E-state index contributed by atoms with van der Waals surface area (Å²) in [6.07, 6.45) is 7.50. The highest BCUT2D eigenvalue weighted by atomic mass is 32.2.